The first-order valence-electron chi connectivity index (χ1n) is 6.74. The van der Waals surface area contributed by atoms with Gasteiger partial charge in [0.25, 0.3) is 0 Å². The molecular formula is C13H22N2O4. The van der Waals surface area contributed by atoms with Crippen LogP contribution < -0.4 is 5.32 Å². The molecule has 0 radical (unpaired) electrons. The molecule has 6 heteroatoms. The number of rotatable bonds is 2. The number of amides is 2. The summed E-state index contributed by atoms with van der Waals surface area (Å²) in [5.41, 5.74) is -0.551. The monoisotopic (exact) mass is 270 g/mol. The van der Waals surface area contributed by atoms with E-state index in [1.807, 2.05) is 4.90 Å². The van der Waals surface area contributed by atoms with Gasteiger partial charge in [0.2, 0.25) is 5.91 Å². The van der Waals surface area contributed by atoms with Crippen molar-refractivity contribution in [3.05, 3.63) is 0 Å². The fourth-order valence-corrected chi connectivity index (χ4v) is 2.42. The summed E-state index contributed by atoms with van der Waals surface area (Å²) in [5, 5.41) is 2.65. The Kier molecular flexibility index (Phi) is 3.99. The van der Waals surface area contributed by atoms with E-state index in [2.05, 4.69) is 5.32 Å². The Morgan fingerprint density at radius 2 is 2.16 bits per heavy atom. The minimum absolute atomic E-state index is 0.0265. The van der Waals surface area contributed by atoms with Gasteiger partial charge in [-0.2, -0.15) is 0 Å². The number of nitrogens with one attached hydrogen (secondary N) is 1. The van der Waals surface area contributed by atoms with Crippen LogP contribution in [0.5, 0.6) is 0 Å². The van der Waals surface area contributed by atoms with Gasteiger partial charge in [0.1, 0.15) is 11.6 Å². The third-order valence-electron chi connectivity index (χ3n) is 3.28. The van der Waals surface area contributed by atoms with Crippen LogP contribution in [0.4, 0.5) is 4.79 Å². The molecule has 6 nitrogen and oxygen atoms in total. The number of carbonyl (C=O) groups is 2. The van der Waals surface area contributed by atoms with Crippen LogP contribution in [-0.2, 0) is 14.3 Å². The van der Waals surface area contributed by atoms with E-state index in [0.29, 0.717) is 26.2 Å². The van der Waals surface area contributed by atoms with Crippen LogP contribution in [0.1, 0.15) is 33.6 Å². The quantitative estimate of drug-likeness (QED) is 0.809. The number of hydrogen-bond acceptors (Lipinski definition) is 4. The van der Waals surface area contributed by atoms with Crippen LogP contribution >= 0.6 is 0 Å². The molecule has 0 saturated carbocycles. The standard InChI is InChI=1S/C13H22N2O4/c1-13(2,3)19-12(17)14-10-4-6-15(11(10)16)9-5-7-18-8-9/h9-10H,4-8H2,1-3H3,(H,14,17)/t9?,10-/m0/s1. The molecule has 2 fully saturated rings. The summed E-state index contributed by atoms with van der Waals surface area (Å²) in [6, 6.07) is -0.298. The van der Waals surface area contributed by atoms with E-state index < -0.39 is 17.7 Å². The average molecular weight is 270 g/mol. The van der Waals surface area contributed by atoms with Gasteiger partial charge in [0.05, 0.1) is 12.6 Å². The lowest BCUT2D eigenvalue weighted by atomic mass is 10.2. The molecule has 2 aliphatic heterocycles. The largest absolute Gasteiger partial charge is 0.444 e. The molecule has 0 spiro atoms. The van der Waals surface area contributed by atoms with Crippen molar-refractivity contribution in [2.24, 2.45) is 0 Å². The lowest BCUT2D eigenvalue weighted by Crippen LogP contribution is -2.46. The van der Waals surface area contributed by atoms with E-state index in [0.717, 1.165) is 6.42 Å². The third-order valence-corrected chi connectivity index (χ3v) is 3.28. The molecule has 2 amide bonds. The van der Waals surface area contributed by atoms with Gasteiger partial charge in [-0.1, -0.05) is 0 Å². The SMILES string of the molecule is CC(C)(C)OC(=O)N[C@H]1CCN(C2CCOC2)C1=O. The van der Waals surface area contributed by atoms with Gasteiger partial charge in [-0.3, -0.25) is 4.79 Å². The number of nitrogens with zero attached hydrogens (tertiary/aromatic N) is 1. The molecule has 2 aliphatic rings. The van der Waals surface area contributed by atoms with E-state index in [-0.39, 0.29) is 11.9 Å². The Labute approximate surface area is 113 Å². The molecule has 2 atom stereocenters. The summed E-state index contributed by atoms with van der Waals surface area (Å²) in [5.74, 6) is -0.0265. The zero-order valence-corrected chi connectivity index (χ0v) is 11.8. The van der Waals surface area contributed by atoms with Crippen molar-refractivity contribution in [3.63, 3.8) is 0 Å². The second-order valence-electron chi connectivity index (χ2n) is 6.04. The number of hydrogen-bond donors (Lipinski definition) is 1. The zero-order valence-electron chi connectivity index (χ0n) is 11.8. The first kappa shape index (κ1) is 14.1. The molecule has 19 heavy (non-hydrogen) atoms. The first-order chi connectivity index (χ1) is 8.87. The smallest absolute Gasteiger partial charge is 0.408 e. The summed E-state index contributed by atoms with van der Waals surface area (Å²) >= 11 is 0. The highest BCUT2D eigenvalue weighted by atomic mass is 16.6. The molecule has 1 unspecified atom stereocenters. The minimum Gasteiger partial charge on any atom is -0.444 e. The number of carbonyl (C=O) groups excluding carboxylic acids is 2. The summed E-state index contributed by atoms with van der Waals surface area (Å²) in [4.78, 5) is 25.7. The van der Waals surface area contributed by atoms with Gasteiger partial charge in [-0.25, -0.2) is 4.79 Å². The van der Waals surface area contributed by atoms with Gasteiger partial charge >= 0.3 is 6.09 Å². The van der Waals surface area contributed by atoms with Gasteiger partial charge in [-0.15, -0.1) is 0 Å². The molecule has 2 heterocycles. The Balaban J connectivity index is 1.86. The van der Waals surface area contributed by atoms with Gasteiger partial charge in [0.15, 0.2) is 0 Å². The van der Waals surface area contributed by atoms with Crippen molar-refractivity contribution in [3.8, 4) is 0 Å². The first-order valence-corrected chi connectivity index (χ1v) is 6.74. The molecule has 2 rings (SSSR count). The molecule has 2 saturated heterocycles. The van der Waals surface area contributed by atoms with E-state index in [9.17, 15) is 9.59 Å². The highest BCUT2D eigenvalue weighted by molar-refractivity contribution is 5.87. The Morgan fingerprint density at radius 1 is 1.42 bits per heavy atom. The van der Waals surface area contributed by atoms with Crippen molar-refractivity contribution in [1.82, 2.24) is 10.2 Å². The molecule has 0 aromatic heterocycles. The van der Waals surface area contributed by atoms with E-state index in [4.69, 9.17) is 9.47 Å². The zero-order chi connectivity index (χ0) is 14.0. The average Bonchev–Trinajstić information content (AvgIpc) is 2.87. The van der Waals surface area contributed by atoms with Gasteiger partial charge in [-0.05, 0) is 33.6 Å². The molecule has 0 aromatic carbocycles. The van der Waals surface area contributed by atoms with E-state index >= 15 is 0 Å². The predicted molar refractivity (Wildman–Crippen MR) is 68.7 cm³/mol. The van der Waals surface area contributed by atoms with Crippen LogP contribution in [0.15, 0.2) is 0 Å². The Morgan fingerprint density at radius 3 is 2.74 bits per heavy atom. The van der Waals surface area contributed by atoms with Crippen LogP contribution in [-0.4, -0.2) is 54.3 Å². The van der Waals surface area contributed by atoms with Gasteiger partial charge < -0.3 is 19.7 Å². The molecule has 0 aromatic rings. The molecule has 108 valence electrons. The summed E-state index contributed by atoms with van der Waals surface area (Å²) < 4.78 is 10.5. The van der Waals surface area contributed by atoms with Gasteiger partial charge in [0, 0.05) is 13.2 Å². The van der Waals surface area contributed by atoms with Crippen molar-refractivity contribution in [1.29, 1.82) is 0 Å². The maximum absolute atomic E-state index is 12.2. The van der Waals surface area contributed by atoms with Crippen LogP contribution in [0.2, 0.25) is 0 Å². The third kappa shape index (κ3) is 3.59. The van der Waals surface area contributed by atoms with Crippen LogP contribution in [0.3, 0.4) is 0 Å². The predicted octanol–water partition coefficient (Wildman–Crippen LogP) is 0.901. The van der Waals surface area contributed by atoms with Crippen molar-refractivity contribution in [2.75, 3.05) is 19.8 Å². The fourth-order valence-electron chi connectivity index (χ4n) is 2.42. The lowest BCUT2D eigenvalue weighted by Gasteiger charge is -2.24. The highest BCUT2D eigenvalue weighted by Crippen LogP contribution is 2.20. The Hall–Kier alpha value is -1.30. The van der Waals surface area contributed by atoms with E-state index in [1.54, 1.807) is 20.8 Å². The minimum atomic E-state index is -0.551. The van der Waals surface area contributed by atoms with E-state index in [1.165, 1.54) is 0 Å². The number of alkyl carbamates (subject to hydrolysis) is 1. The Bertz CT molecular complexity index is 358. The number of ether oxygens (including phenoxy) is 2. The highest BCUT2D eigenvalue weighted by Gasteiger charge is 2.38. The summed E-state index contributed by atoms with van der Waals surface area (Å²) in [7, 11) is 0. The number of likely N-dealkylation sites (tertiary alicyclic amines) is 1. The second kappa shape index (κ2) is 5.36. The van der Waals surface area contributed by atoms with Crippen molar-refractivity contribution >= 4 is 12.0 Å². The fraction of sp³-hybridized carbons (Fsp3) is 0.846. The van der Waals surface area contributed by atoms with Crippen LogP contribution in [0.25, 0.3) is 0 Å². The van der Waals surface area contributed by atoms with Crippen molar-refractivity contribution in [2.45, 2.75) is 51.3 Å². The van der Waals surface area contributed by atoms with Crippen molar-refractivity contribution < 1.29 is 19.1 Å². The molecule has 1 N–H and O–H groups in total. The lowest BCUT2D eigenvalue weighted by molar-refractivity contribution is -0.131. The normalized spacial score (nSPS) is 27.7. The maximum Gasteiger partial charge on any atom is 0.408 e. The van der Waals surface area contributed by atoms with Crippen LogP contribution in [0, 0.1) is 0 Å². The summed E-state index contributed by atoms with van der Waals surface area (Å²) in [6.07, 6.45) is 0.981. The topological polar surface area (TPSA) is 67.9 Å². The summed E-state index contributed by atoms with van der Waals surface area (Å²) in [6.45, 7) is 7.37. The molecule has 0 bridgehead atoms. The molecular weight excluding hydrogens is 248 g/mol. The second-order valence-corrected chi connectivity index (χ2v) is 6.04. The molecule has 0 aliphatic carbocycles. The maximum atomic E-state index is 12.2.